The van der Waals surface area contributed by atoms with E-state index in [1.165, 1.54) is 30.4 Å². The van der Waals surface area contributed by atoms with Crippen molar-refractivity contribution in [3.8, 4) is 0 Å². The Morgan fingerprint density at radius 1 is 0.630 bits per heavy atom. The zero-order valence-electron chi connectivity index (χ0n) is 27.8. The number of carbonyl (C=O) groups is 5. The van der Waals surface area contributed by atoms with Crippen molar-refractivity contribution in [2.24, 2.45) is 17.6 Å². The van der Waals surface area contributed by atoms with Crippen LogP contribution in [0.1, 0.15) is 73.1 Å². The van der Waals surface area contributed by atoms with Gasteiger partial charge in [0.25, 0.3) is 0 Å². The number of primary amides is 1. The summed E-state index contributed by atoms with van der Waals surface area (Å²) in [6.07, 6.45) is 0.328. The molecule has 0 rings (SSSR count). The smallest absolute Gasteiger partial charge is 0.243 e. The van der Waals surface area contributed by atoms with Crippen molar-refractivity contribution >= 4 is 53.1 Å². The van der Waals surface area contributed by atoms with Crippen LogP contribution in [0.15, 0.2) is 0 Å². The molecule has 14 nitrogen and oxygen atoms in total. The number of aliphatic hydroxyl groups is 4. The second-order valence-corrected chi connectivity index (χ2v) is 14.5. The standard InChI is InChI=1S/C30H57N5O9S2/c1-18(2)12-25(27(31)41)34-29(43)24(9-7-11-46-17-22(40)15-37)33-30(44)26(13-19(3)4)35-28(42)23(32-20(5)38)8-6-10-45-16-21(39)14-36/h18-19,21-26,36-37,39-40H,6-17H2,1-5H3,(H2,31,41)(H,32,38)(H,33,44)(H,34,43)(H,35,42)/t21?,22?,23-,24-,25-,26-/m0/s1. The van der Waals surface area contributed by atoms with Gasteiger partial charge in [-0.15, -0.1) is 0 Å². The molecule has 0 aromatic heterocycles. The Kier molecular flexibility index (Phi) is 23.8. The highest BCUT2D eigenvalue weighted by molar-refractivity contribution is 7.99. The Bertz CT molecular complexity index is 929. The minimum Gasteiger partial charge on any atom is -0.394 e. The van der Waals surface area contributed by atoms with Gasteiger partial charge in [-0.1, -0.05) is 27.7 Å². The van der Waals surface area contributed by atoms with E-state index in [2.05, 4.69) is 21.3 Å². The molecular weight excluding hydrogens is 638 g/mol. The fourth-order valence-corrected chi connectivity index (χ4v) is 6.17. The molecule has 6 atom stereocenters. The van der Waals surface area contributed by atoms with E-state index in [1.54, 1.807) is 0 Å². The van der Waals surface area contributed by atoms with Gasteiger partial charge in [-0.3, -0.25) is 24.0 Å². The van der Waals surface area contributed by atoms with Gasteiger partial charge in [0.05, 0.1) is 25.4 Å². The van der Waals surface area contributed by atoms with Gasteiger partial charge in [0, 0.05) is 18.4 Å². The Labute approximate surface area is 281 Å². The van der Waals surface area contributed by atoms with E-state index in [-0.39, 0.29) is 44.3 Å². The molecule has 5 amide bonds. The number of nitrogens with two attached hydrogens (primary N) is 1. The maximum absolute atomic E-state index is 13.6. The molecule has 10 N–H and O–H groups in total. The molecule has 0 bridgehead atoms. The molecule has 16 heteroatoms. The highest BCUT2D eigenvalue weighted by Gasteiger charge is 2.31. The van der Waals surface area contributed by atoms with Crippen molar-refractivity contribution in [2.45, 2.75) is 110 Å². The lowest BCUT2D eigenvalue weighted by molar-refractivity contribution is -0.134. The third-order valence-corrected chi connectivity index (χ3v) is 9.03. The highest BCUT2D eigenvalue weighted by atomic mass is 32.2. The quantitative estimate of drug-likeness (QED) is 0.0511. The van der Waals surface area contributed by atoms with Gasteiger partial charge >= 0.3 is 0 Å². The van der Waals surface area contributed by atoms with Gasteiger partial charge < -0.3 is 47.4 Å². The van der Waals surface area contributed by atoms with E-state index in [0.717, 1.165) is 0 Å². The largest absolute Gasteiger partial charge is 0.394 e. The first kappa shape index (κ1) is 43.9. The molecule has 0 saturated carbocycles. The third-order valence-electron chi connectivity index (χ3n) is 6.64. The zero-order valence-corrected chi connectivity index (χ0v) is 29.5. The van der Waals surface area contributed by atoms with E-state index in [4.69, 9.17) is 15.9 Å². The van der Waals surface area contributed by atoms with Crippen LogP contribution in [0.25, 0.3) is 0 Å². The Morgan fingerprint density at radius 3 is 1.39 bits per heavy atom. The minimum atomic E-state index is -1.05. The number of carbonyl (C=O) groups excluding carboxylic acids is 5. The monoisotopic (exact) mass is 695 g/mol. The van der Waals surface area contributed by atoms with Crippen molar-refractivity contribution in [3.05, 3.63) is 0 Å². The average molecular weight is 696 g/mol. The van der Waals surface area contributed by atoms with Crippen molar-refractivity contribution in [1.29, 1.82) is 0 Å². The summed E-state index contributed by atoms with van der Waals surface area (Å²) in [5, 5.41) is 47.8. The third kappa shape index (κ3) is 20.9. The van der Waals surface area contributed by atoms with E-state index < -0.39 is 65.9 Å². The number of nitrogens with one attached hydrogen (secondary N) is 4. The van der Waals surface area contributed by atoms with Crippen LogP contribution in [-0.4, -0.2) is 123 Å². The number of rotatable bonds is 26. The number of amides is 5. The number of hydrogen-bond acceptors (Lipinski definition) is 11. The summed E-state index contributed by atoms with van der Waals surface area (Å²) in [6.45, 7) is 8.10. The van der Waals surface area contributed by atoms with E-state index in [0.29, 0.717) is 42.3 Å². The summed E-state index contributed by atoms with van der Waals surface area (Å²) in [5.74, 6) is -1.06. The van der Waals surface area contributed by atoms with E-state index in [1.807, 2.05) is 27.7 Å². The first-order valence-corrected chi connectivity index (χ1v) is 18.1. The minimum absolute atomic E-state index is 0.0171. The lowest BCUT2D eigenvalue weighted by Crippen LogP contribution is -2.58. The topological polar surface area (TPSA) is 240 Å². The second-order valence-electron chi connectivity index (χ2n) is 12.2. The summed E-state index contributed by atoms with van der Waals surface area (Å²) in [7, 11) is 0. The maximum Gasteiger partial charge on any atom is 0.243 e. The normalized spacial score (nSPS) is 15.4. The summed E-state index contributed by atoms with van der Waals surface area (Å²) in [5.41, 5.74) is 5.52. The summed E-state index contributed by atoms with van der Waals surface area (Å²) in [4.78, 5) is 64.1. The van der Waals surface area contributed by atoms with Crippen molar-refractivity contribution < 1.29 is 44.4 Å². The van der Waals surface area contributed by atoms with Gasteiger partial charge in [0.15, 0.2) is 0 Å². The summed E-state index contributed by atoms with van der Waals surface area (Å²) >= 11 is 2.79. The van der Waals surface area contributed by atoms with Crippen LogP contribution in [0, 0.1) is 11.8 Å². The van der Waals surface area contributed by atoms with Crippen LogP contribution in [0.4, 0.5) is 0 Å². The van der Waals surface area contributed by atoms with Crippen LogP contribution in [0.5, 0.6) is 0 Å². The molecule has 0 aliphatic rings. The lowest BCUT2D eigenvalue weighted by Gasteiger charge is -2.27. The molecule has 268 valence electrons. The molecule has 0 aliphatic carbocycles. The molecular formula is C30H57N5O9S2. The van der Waals surface area contributed by atoms with E-state index in [9.17, 15) is 34.2 Å². The first-order chi connectivity index (χ1) is 21.6. The number of aliphatic hydroxyl groups excluding tert-OH is 4. The molecule has 0 radical (unpaired) electrons. The molecule has 0 aliphatic heterocycles. The van der Waals surface area contributed by atoms with Gasteiger partial charge in [0.1, 0.15) is 24.2 Å². The Balaban J connectivity index is 5.73. The van der Waals surface area contributed by atoms with E-state index >= 15 is 0 Å². The fourth-order valence-electron chi connectivity index (χ4n) is 4.34. The van der Waals surface area contributed by atoms with Crippen LogP contribution in [0.3, 0.4) is 0 Å². The predicted molar refractivity (Wildman–Crippen MR) is 181 cm³/mol. The van der Waals surface area contributed by atoms with Gasteiger partial charge in [0.2, 0.25) is 29.5 Å². The lowest BCUT2D eigenvalue weighted by atomic mass is 10.0. The molecule has 0 saturated heterocycles. The van der Waals surface area contributed by atoms with Gasteiger partial charge in [-0.2, -0.15) is 23.5 Å². The molecule has 0 fully saturated rings. The van der Waals surface area contributed by atoms with Crippen LogP contribution < -0.4 is 27.0 Å². The molecule has 2 unspecified atom stereocenters. The highest BCUT2D eigenvalue weighted by Crippen LogP contribution is 2.13. The van der Waals surface area contributed by atoms with Crippen LogP contribution >= 0.6 is 23.5 Å². The molecule has 0 heterocycles. The second kappa shape index (κ2) is 25.0. The Morgan fingerprint density at radius 2 is 1.00 bits per heavy atom. The van der Waals surface area contributed by atoms with Crippen molar-refractivity contribution in [3.63, 3.8) is 0 Å². The van der Waals surface area contributed by atoms with Crippen molar-refractivity contribution in [2.75, 3.05) is 36.2 Å². The zero-order chi connectivity index (χ0) is 35.2. The van der Waals surface area contributed by atoms with Gasteiger partial charge in [-0.25, -0.2) is 0 Å². The maximum atomic E-state index is 13.6. The molecule has 46 heavy (non-hydrogen) atoms. The SMILES string of the molecule is CC(=O)N[C@@H](CCCSCC(O)CO)C(=O)N[C@@H](CC(C)C)C(=O)N[C@@H](CCCSCC(O)CO)C(=O)N[C@@H](CC(C)C)C(N)=O. The van der Waals surface area contributed by atoms with Gasteiger partial charge in [-0.05, 0) is 61.9 Å². The predicted octanol–water partition coefficient (Wildman–Crippen LogP) is -0.744. The summed E-state index contributed by atoms with van der Waals surface area (Å²) in [6, 6.07) is -3.92. The Hall–Kier alpha value is -2.11. The summed E-state index contributed by atoms with van der Waals surface area (Å²) < 4.78 is 0. The fraction of sp³-hybridized carbons (Fsp3) is 0.833. The average Bonchev–Trinajstić information content (AvgIpc) is 2.97. The number of thioether (sulfide) groups is 2. The molecule has 0 aromatic rings. The van der Waals surface area contributed by atoms with Crippen molar-refractivity contribution in [1.82, 2.24) is 21.3 Å². The number of hydrogen-bond donors (Lipinski definition) is 9. The first-order valence-electron chi connectivity index (χ1n) is 15.8. The molecule has 0 aromatic carbocycles. The molecule has 0 spiro atoms. The van der Waals surface area contributed by atoms with Crippen LogP contribution in [0.2, 0.25) is 0 Å². The van der Waals surface area contributed by atoms with Crippen LogP contribution in [-0.2, 0) is 24.0 Å².